The molecule has 0 saturated heterocycles. The van der Waals surface area contributed by atoms with Crippen molar-refractivity contribution < 1.29 is 23.5 Å². The molecule has 21 heavy (non-hydrogen) atoms. The van der Waals surface area contributed by atoms with Gasteiger partial charge >= 0.3 is 5.97 Å². The maximum atomic E-state index is 12.7. The van der Waals surface area contributed by atoms with Crippen LogP contribution >= 0.6 is 0 Å². The van der Waals surface area contributed by atoms with Crippen LogP contribution in [0.1, 0.15) is 5.56 Å². The molecule has 0 fully saturated rings. The van der Waals surface area contributed by atoms with Crippen LogP contribution in [0.2, 0.25) is 0 Å². The highest BCUT2D eigenvalue weighted by Gasteiger charge is 2.14. The number of ether oxygens (including phenoxy) is 1. The Morgan fingerprint density at radius 1 is 1.24 bits per heavy atom. The zero-order chi connectivity index (χ0) is 15.8. The Hall–Kier alpha value is -2.44. The van der Waals surface area contributed by atoms with Gasteiger partial charge in [-0.25, -0.2) is 4.39 Å². The molecule has 2 amide bonds. The lowest BCUT2D eigenvalue weighted by Gasteiger charge is -2.15. The Bertz CT molecular complexity index is 516. The highest BCUT2D eigenvalue weighted by atomic mass is 19.1. The van der Waals surface area contributed by atoms with Gasteiger partial charge in [-0.05, 0) is 17.7 Å². The minimum Gasteiger partial charge on any atom is -0.455 e. The van der Waals surface area contributed by atoms with Crippen LogP contribution in [0.3, 0.4) is 0 Å². The number of benzene rings is 1. The van der Waals surface area contributed by atoms with Crippen LogP contribution in [-0.2, 0) is 25.5 Å². The minimum absolute atomic E-state index is 0.0489. The molecule has 0 aliphatic heterocycles. The summed E-state index contributed by atoms with van der Waals surface area (Å²) in [6, 6.07) is 5.42. The van der Waals surface area contributed by atoms with Crippen LogP contribution in [0, 0.1) is 5.82 Å². The predicted octanol–water partition coefficient (Wildman–Crippen LogP) is 0.116. The molecule has 6 nitrogen and oxygen atoms in total. The molecule has 0 aliphatic rings. The van der Waals surface area contributed by atoms with Gasteiger partial charge in [-0.15, -0.1) is 0 Å². The Labute approximate surface area is 121 Å². The molecule has 0 aromatic heterocycles. The summed E-state index contributed by atoms with van der Waals surface area (Å²) in [5.74, 6) is -1.78. The first kappa shape index (κ1) is 16.6. The van der Waals surface area contributed by atoms with Gasteiger partial charge in [0.25, 0.3) is 5.91 Å². The summed E-state index contributed by atoms with van der Waals surface area (Å²) in [5, 5.41) is 2.38. The smallest absolute Gasteiger partial charge is 0.310 e. The van der Waals surface area contributed by atoms with Crippen molar-refractivity contribution >= 4 is 17.8 Å². The quantitative estimate of drug-likeness (QED) is 0.756. The third kappa shape index (κ3) is 6.03. The summed E-state index contributed by atoms with van der Waals surface area (Å²) < 4.78 is 17.5. The second-order valence-electron chi connectivity index (χ2n) is 4.39. The van der Waals surface area contributed by atoms with Gasteiger partial charge in [0.15, 0.2) is 6.61 Å². The van der Waals surface area contributed by atoms with Crippen LogP contribution in [-0.4, -0.2) is 49.9 Å². The van der Waals surface area contributed by atoms with E-state index in [4.69, 9.17) is 4.74 Å². The molecular weight excluding hydrogens is 279 g/mol. The number of nitrogens with zero attached hydrogens (tertiary/aromatic N) is 1. The Balaban J connectivity index is 2.37. The topological polar surface area (TPSA) is 75.7 Å². The van der Waals surface area contributed by atoms with Gasteiger partial charge < -0.3 is 15.0 Å². The summed E-state index contributed by atoms with van der Waals surface area (Å²) in [5.41, 5.74) is 0.590. The number of esters is 1. The van der Waals surface area contributed by atoms with E-state index in [0.29, 0.717) is 5.56 Å². The zero-order valence-electron chi connectivity index (χ0n) is 11.9. The number of rotatable bonds is 6. The third-order valence-electron chi connectivity index (χ3n) is 2.70. The molecular formula is C14H17FN2O4. The summed E-state index contributed by atoms with van der Waals surface area (Å²) >= 11 is 0. The van der Waals surface area contributed by atoms with Crippen molar-refractivity contribution in [1.82, 2.24) is 10.2 Å². The number of nitrogens with one attached hydrogen (secondary N) is 1. The van der Waals surface area contributed by atoms with Crippen LogP contribution in [0.4, 0.5) is 4.39 Å². The van der Waals surface area contributed by atoms with E-state index in [-0.39, 0.29) is 18.9 Å². The fraction of sp³-hybridized carbons (Fsp3) is 0.357. The number of amides is 2. The summed E-state index contributed by atoms with van der Waals surface area (Å²) in [4.78, 5) is 35.4. The van der Waals surface area contributed by atoms with Crippen molar-refractivity contribution in [3.8, 4) is 0 Å². The maximum absolute atomic E-state index is 12.7. The fourth-order valence-electron chi connectivity index (χ4n) is 1.46. The first-order valence-corrected chi connectivity index (χ1v) is 6.27. The molecule has 0 heterocycles. The minimum atomic E-state index is -0.594. The molecule has 0 atom stereocenters. The molecule has 1 aromatic carbocycles. The third-order valence-corrected chi connectivity index (χ3v) is 2.70. The lowest BCUT2D eigenvalue weighted by atomic mass is 10.1. The lowest BCUT2D eigenvalue weighted by molar-refractivity contribution is -0.151. The number of likely N-dealkylation sites (N-methyl/N-ethyl adjacent to an activating group) is 2. The molecule has 1 N–H and O–H groups in total. The van der Waals surface area contributed by atoms with Crippen molar-refractivity contribution in [2.75, 3.05) is 27.2 Å². The van der Waals surface area contributed by atoms with Crippen molar-refractivity contribution in [2.45, 2.75) is 6.42 Å². The van der Waals surface area contributed by atoms with Gasteiger partial charge in [0.1, 0.15) is 5.82 Å². The number of hydrogen-bond donors (Lipinski definition) is 1. The van der Waals surface area contributed by atoms with Crippen LogP contribution in [0.25, 0.3) is 0 Å². The summed E-state index contributed by atoms with van der Waals surface area (Å²) in [7, 11) is 2.90. The van der Waals surface area contributed by atoms with E-state index in [0.717, 1.165) is 4.90 Å². The predicted molar refractivity (Wildman–Crippen MR) is 72.8 cm³/mol. The van der Waals surface area contributed by atoms with Gasteiger partial charge in [0.2, 0.25) is 5.91 Å². The van der Waals surface area contributed by atoms with Gasteiger partial charge in [-0.1, -0.05) is 12.1 Å². The second kappa shape index (κ2) is 7.98. The average Bonchev–Trinajstić information content (AvgIpc) is 2.46. The average molecular weight is 296 g/mol. The molecule has 114 valence electrons. The van der Waals surface area contributed by atoms with Crippen molar-refractivity contribution in [2.24, 2.45) is 0 Å². The van der Waals surface area contributed by atoms with Gasteiger partial charge in [-0.2, -0.15) is 0 Å². The van der Waals surface area contributed by atoms with Gasteiger partial charge in [-0.3, -0.25) is 14.4 Å². The van der Waals surface area contributed by atoms with Crippen LogP contribution in [0.5, 0.6) is 0 Å². The molecule has 0 spiro atoms. The first-order valence-electron chi connectivity index (χ1n) is 6.27. The SMILES string of the molecule is CNC(=O)CN(C)C(=O)COC(=O)Cc1ccc(F)cc1. The summed E-state index contributed by atoms with van der Waals surface area (Å²) in [6.07, 6.45) is -0.0489. The lowest BCUT2D eigenvalue weighted by Crippen LogP contribution is -2.39. The largest absolute Gasteiger partial charge is 0.455 e. The summed E-state index contributed by atoms with van der Waals surface area (Å²) in [6.45, 7) is -0.543. The molecule has 0 radical (unpaired) electrons. The zero-order valence-corrected chi connectivity index (χ0v) is 11.9. The second-order valence-corrected chi connectivity index (χ2v) is 4.39. The van der Waals surface area contributed by atoms with E-state index in [1.165, 1.54) is 38.4 Å². The molecule has 1 rings (SSSR count). The molecule has 1 aromatic rings. The number of carbonyl (C=O) groups is 3. The highest BCUT2D eigenvalue weighted by Crippen LogP contribution is 2.04. The van der Waals surface area contributed by atoms with Crippen molar-refractivity contribution in [3.63, 3.8) is 0 Å². The van der Waals surface area contributed by atoms with Crippen LogP contribution in [0.15, 0.2) is 24.3 Å². The van der Waals surface area contributed by atoms with Crippen molar-refractivity contribution in [3.05, 3.63) is 35.6 Å². The monoisotopic (exact) mass is 296 g/mol. The normalized spacial score (nSPS) is 9.86. The Morgan fingerprint density at radius 3 is 2.43 bits per heavy atom. The molecule has 0 bridgehead atoms. The van der Waals surface area contributed by atoms with Gasteiger partial charge in [0, 0.05) is 14.1 Å². The standard InChI is InChI=1S/C14H17FN2O4/c1-16-12(18)8-17(2)13(19)9-21-14(20)7-10-3-5-11(15)6-4-10/h3-6H,7-9H2,1-2H3,(H,16,18). The number of carbonyl (C=O) groups excluding carboxylic acids is 3. The maximum Gasteiger partial charge on any atom is 0.310 e. The van der Waals surface area contributed by atoms with Gasteiger partial charge in [0.05, 0.1) is 13.0 Å². The molecule has 0 unspecified atom stereocenters. The van der Waals surface area contributed by atoms with Crippen molar-refractivity contribution in [1.29, 1.82) is 0 Å². The van der Waals surface area contributed by atoms with E-state index in [2.05, 4.69) is 5.32 Å². The van der Waals surface area contributed by atoms with E-state index >= 15 is 0 Å². The number of hydrogen-bond acceptors (Lipinski definition) is 4. The fourth-order valence-corrected chi connectivity index (χ4v) is 1.46. The molecule has 7 heteroatoms. The van der Waals surface area contributed by atoms with E-state index < -0.39 is 24.3 Å². The van der Waals surface area contributed by atoms with E-state index in [1.54, 1.807) is 0 Å². The highest BCUT2D eigenvalue weighted by molar-refractivity contribution is 5.86. The molecule has 0 aliphatic carbocycles. The van der Waals surface area contributed by atoms with E-state index in [1.807, 2.05) is 0 Å². The molecule has 0 saturated carbocycles. The van der Waals surface area contributed by atoms with E-state index in [9.17, 15) is 18.8 Å². The first-order chi connectivity index (χ1) is 9.92. The number of halogens is 1. The Kier molecular flexibility index (Phi) is 6.32. The van der Waals surface area contributed by atoms with Crippen LogP contribution < -0.4 is 5.32 Å². The Morgan fingerprint density at radius 2 is 1.86 bits per heavy atom.